The lowest BCUT2D eigenvalue weighted by Crippen LogP contribution is -2.15. The van der Waals surface area contributed by atoms with E-state index in [1.165, 1.54) is 26.4 Å². The van der Waals surface area contributed by atoms with Crippen LogP contribution in [0, 0.1) is 13.8 Å². The van der Waals surface area contributed by atoms with Gasteiger partial charge in [-0.25, -0.2) is 4.79 Å². The average molecular weight is 424 g/mol. The lowest BCUT2D eigenvalue weighted by Gasteiger charge is -2.11. The molecule has 2 rings (SSSR count). The molecule has 0 N–H and O–H groups in total. The Hall–Kier alpha value is -2.51. The molecule has 2 aromatic rings. The number of nitrogens with zero attached hydrogens (tertiary/aromatic N) is 1. The molecule has 0 amide bonds. The average Bonchev–Trinajstić information content (AvgIpc) is 2.99. The molecule has 0 bridgehead atoms. The van der Waals surface area contributed by atoms with Crippen LogP contribution in [0.15, 0.2) is 18.2 Å². The van der Waals surface area contributed by atoms with Crippen LogP contribution in [0.25, 0.3) is 0 Å². The number of aryl methyl sites for hydroxylation is 1. The van der Waals surface area contributed by atoms with Crippen LogP contribution >= 0.6 is 11.6 Å². The Morgan fingerprint density at radius 2 is 1.79 bits per heavy atom. The lowest BCUT2D eigenvalue weighted by atomic mass is 10.1. The number of hydrogen-bond donors (Lipinski definition) is 0. The normalized spacial score (nSPS) is 10.7. The molecule has 0 unspecified atom stereocenters. The monoisotopic (exact) mass is 423 g/mol. The Bertz CT molecular complexity index is 890. The van der Waals surface area contributed by atoms with Gasteiger partial charge < -0.3 is 23.5 Å². The second kappa shape index (κ2) is 10.3. The predicted octanol–water partition coefficient (Wildman–Crippen LogP) is 3.85. The molecule has 0 atom stereocenters. The molecule has 0 aliphatic carbocycles. The molecule has 1 aromatic heterocycles. The quantitative estimate of drug-likeness (QED) is 0.328. The molecule has 0 spiro atoms. The van der Waals surface area contributed by atoms with Crippen LogP contribution in [0.4, 0.5) is 0 Å². The van der Waals surface area contributed by atoms with Crippen molar-refractivity contribution in [3.8, 4) is 11.5 Å². The Morgan fingerprint density at radius 1 is 1.07 bits per heavy atom. The van der Waals surface area contributed by atoms with Crippen molar-refractivity contribution < 1.29 is 28.5 Å². The zero-order chi connectivity index (χ0) is 21.6. The van der Waals surface area contributed by atoms with Gasteiger partial charge >= 0.3 is 5.97 Å². The van der Waals surface area contributed by atoms with Crippen LogP contribution in [0.5, 0.6) is 11.5 Å². The topological polar surface area (TPSA) is 76.0 Å². The van der Waals surface area contributed by atoms with Gasteiger partial charge in [-0.15, -0.1) is 0 Å². The predicted molar refractivity (Wildman–Crippen MR) is 110 cm³/mol. The summed E-state index contributed by atoms with van der Waals surface area (Å²) in [4.78, 5) is 25.0. The standard InChI is InChI=1S/C21H26ClNO6/c1-13-9-16(14(2)23(13)7-6-8-26-3)18(24)12-29-21(25)15-10-17(22)20(28-5)19(11-15)27-4/h9-11H,6-8,12H2,1-5H3. The highest BCUT2D eigenvalue weighted by Crippen LogP contribution is 2.36. The van der Waals surface area contributed by atoms with Crippen LogP contribution in [0.2, 0.25) is 5.02 Å². The minimum Gasteiger partial charge on any atom is -0.493 e. The summed E-state index contributed by atoms with van der Waals surface area (Å²) in [6, 6.07) is 4.68. The maximum atomic E-state index is 12.6. The van der Waals surface area contributed by atoms with E-state index >= 15 is 0 Å². The molecule has 0 radical (unpaired) electrons. The molecule has 158 valence electrons. The van der Waals surface area contributed by atoms with E-state index in [1.54, 1.807) is 7.11 Å². The smallest absolute Gasteiger partial charge is 0.338 e. The van der Waals surface area contributed by atoms with E-state index in [0.29, 0.717) is 23.7 Å². The Labute approximate surface area is 175 Å². The highest BCUT2D eigenvalue weighted by Gasteiger charge is 2.20. The fourth-order valence-electron chi connectivity index (χ4n) is 3.12. The molecular weight excluding hydrogens is 398 g/mol. The number of Topliss-reactive ketones (excluding diaryl/α,β-unsaturated/α-hetero) is 1. The van der Waals surface area contributed by atoms with Gasteiger partial charge in [0.15, 0.2) is 18.1 Å². The minimum atomic E-state index is -0.671. The van der Waals surface area contributed by atoms with Gasteiger partial charge in [-0.1, -0.05) is 11.6 Å². The SMILES string of the molecule is COCCCn1c(C)cc(C(=O)COC(=O)c2cc(Cl)c(OC)c(OC)c2)c1C. The van der Waals surface area contributed by atoms with Gasteiger partial charge in [-0.3, -0.25) is 4.79 Å². The molecular formula is C21H26ClNO6. The summed E-state index contributed by atoms with van der Waals surface area (Å²) in [5, 5.41) is 0.213. The van der Waals surface area contributed by atoms with E-state index in [9.17, 15) is 9.59 Å². The molecule has 0 aliphatic rings. The summed E-state index contributed by atoms with van der Waals surface area (Å²) in [6.45, 7) is 4.85. The van der Waals surface area contributed by atoms with Crippen molar-refractivity contribution in [2.45, 2.75) is 26.8 Å². The molecule has 0 aliphatic heterocycles. The minimum absolute atomic E-state index is 0.172. The van der Waals surface area contributed by atoms with Crippen molar-refractivity contribution in [2.75, 3.05) is 34.5 Å². The van der Waals surface area contributed by atoms with Gasteiger partial charge in [0.1, 0.15) is 0 Å². The highest BCUT2D eigenvalue weighted by atomic mass is 35.5. The van der Waals surface area contributed by atoms with Crippen molar-refractivity contribution in [3.05, 3.63) is 45.7 Å². The summed E-state index contributed by atoms with van der Waals surface area (Å²) in [6.07, 6.45) is 0.843. The van der Waals surface area contributed by atoms with Crippen LogP contribution in [-0.4, -0.2) is 50.9 Å². The molecule has 7 nitrogen and oxygen atoms in total. The summed E-state index contributed by atoms with van der Waals surface area (Å²) in [7, 11) is 4.55. The second-order valence-corrected chi connectivity index (χ2v) is 6.88. The first kappa shape index (κ1) is 22.8. The van der Waals surface area contributed by atoms with E-state index < -0.39 is 5.97 Å². The molecule has 29 heavy (non-hydrogen) atoms. The zero-order valence-electron chi connectivity index (χ0n) is 17.3. The molecule has 0 saturated carbocycles. The first-order valence-corrected chi connectivity index (χ1v) is 9.49. The fourth-order valence-corrected chi connectivity index (χ4v) is 3.41. The van der Waals surface area contributed by atoms with Gasteiger partial charge in [0, 0.05) is 37.2 Å². The van der Waals surface area contributed by atoms with Gasteiger partial charge in [-0.2, -0.15) is 0 Å². The summed E-state index contributed by atoms with van der Waals surface area (Å²) >= 11 is 6.12. The van der Waals surface area contributed by atoms with Crippen molar-refractivity contribution in [1.82, 2.24) is 4.57 Å². The summed E-state index contributed by atoms with van der Waals surface area (Å²) in [5.41, 5.74) is 2.53. The zero-order valence-corrected chi connectivity index (χ0v) is 18.1. The van der Waals surface area contributed by atoms with Crippen molar-refractivity contribution in [3.63, 3.8) is 0 Å². The number of ketones is 1. The molecule has 1 heterocycles. The first-order valence-electron chi connectivity index (χ1n) is 9.11. The van der Waals surface area contributed by atoms with Gasteiger partial charge in [0.2, 0.25) is 5.78 Å². The maximum absolute atomic E-state index is 12.6. The Morgan fingerprint density at radius 3 is 2.41 bits per heavy atom. The Balaban J connectivity index is 2.08. The molecule has 1 aromatic carbocycles. The van der Waals surface area contributed by atoms with Crippen LogP contribution in [0.1, 0.15) is 38.5 Å². The van der Waals surface area contributed by atoms with Crippen molar-refractivity contribution in [1.29, 1.82) is 0 Å². The van der Waals surface area contributed by atoms with Gasteiger partial charge in [0.05, 0.1) is 24.8 Å². The number of rotatable bonds is 10. The maximum Gasteiger partial charge on any atom is 0.338 e. The van der Waals surface area contributed by atoms with Crippen LogP contribution < -0.4 is 9.47 Å². The third-order valence-corrected chi connectivity index (χ3v) is 4.89. The number of halogens is 1. The fraction of sp³-hybridized carbons (Fsp3) is 0.429. The summed E-state index contributed by atoms with van der Waals surface area (Å²) in [5.74, 6) is -0.313. The van der Waals surface area contributed by atoms with Crippen molar-refractivity contribution in [2.24, 2.45) is 0 Å². The van der Waals surface area contributed by atoms with E-state index in [2.05, 4.69) is 4.57 Å². The first-order chi connectivity index (χ1) is 13.8. The number of carbonyl (C=O) groups is 2. The molecule has 0 fully saturated rings. The number of benzene rings is 1. The van der Waals surface area contributed by atoms with E-state index in [-0.39, 0.29) is 23.0 Å². The Kier molecular flexibility index (Phi) is 8.10. The number of aromatic nitrogens is 1. The van der Waals surface area contributed by atoms with Crippen LogP contribution in [0.3, 0.4) is 0 Å². The van der Waals surface area contributed by atoms with Gasteiger partial charge in [0.25, 0.3) is 0 Å². The molecule has 8 heteroatoms. The third kappa shape index (κ3) is 5.31. The van der Waals surface area contributed by atoms with E-state index in [4.69, 9.17) is 30.5 Å². The highest BCUT2D eigenvalue weighted by molar-refractivity contribution is 6.32. The van der Waals surface area contributed by atoms with Crippen molar-refractivity contribution >= 4 is 23.4 Å². The van der Waals surface area contributed by atoms with Crippen LogP contribution in [-0.2, 0) is 16.0 Å². The number of ether oxygens (including phenoxy) is 4. The lowest BCUT2D eigenvalue weighted by molar-refractivity contribution is 0.0474. The molecule has 0 saturated heterocycles. The summed E-state index contributed by atoms with van der Waals surface area (Å²) < 4.78 is 22.7. The number of esters is 1. The second-order valence-electron chi connectivity index (χ2n) is 6.48. The number of hydrogen-bond acceptors (Lipinski definition) is 6. The number of carbonyl (C=O) groups excluding carboxylic acids is 2. The van der Waals surface area contributed by atoms with E-state index in [1.807, 2.05) is 19.9 Å². The largest absolute Gasteiger partial charge is 0.493 e. The third-order valence-electron chi connectivity index (χ3n) is 4.61. The number of methoxy groups -OCH3 is 3. The van der Waals surface area contributed by atoms with E-state index in [0.717, 1.165) is 24.4 Å². The van der Waals surface area contributed by atoms with Gasteiger partial charge in [-0.05, 0) is 38.5 Å².